The standard InChI is InChI=1S/C18H19N5O2/c1-21-12-19-14(10-17(21)24)16-7-5-6-15-13(11-20-23(15)16)18(25)22-8-3-2-4-9-22/h5-7,10-12H,2-4,8-9H2,1H3. The molecule has 1 saturated heterocycles. The van der Waals surface area contributed by atoms with Gasteiger partial charge in [0, 0.05) is 26.2 Å². The molecule has 1 fully saturated rings. The first-order chi connectivity index (χ1) is 12.1. The first-order valence-corrected chi connectivity index (χ1v) is 8.44. The predicted octanol–water partition coefficient (Wildman–Crippen LogP) is 1.72. The molecule has 0 bridgehead atoms. The van der Waals surface area contributed by atoms with Crippen molar-refractivity contribution in [2.45, 2.75) is 19.3 Å². The highest BCUT2D eigenvalue weighted by atomic mass is 16.2. The Bertz CT molecular complexity index is 998. The molecule has 4 heterocycles. The van der Waals surface area contributed by atoms with Crippen molar-refractivity contribution in [2.24, 2.45) is 7.05 Å². The summed E-state index contributed by atoms with van der Waals surface area (Å²) in [6.45, 7) is 1.60. The largest absolute Gasteiger partial charge is 0.339 e. The zero-order chi connectivity index (χ0) is 17.4. The van der Waals surface area contributed by atoms with Crippen LogP contribution in [-0.4, -0.2) is 43.1 Å². The maximum absolute atomic E-state index is 12.8. The third kappa shape index (κ3) is 2.71. The van der Waals surface area contributed by atoms with E-state index in [2.05, 4.69) is 10.1 Å². The molecule has 4 rings (SSSR count). The highest BCUT2D eigenvalue weighted by molar-refractivity contribution is 6.01. The normalized spacial score (nSPS) is 14.8. The molecule has 1 aliphatic heterocycles. The summed E-state index contributed by atoms with van der Waals surface area (Å²) in [5.74, 6) is 0.0174. The first-order valence-electron chi connectivity index (χ1n) is 8.44. The van der Waals surface area contributed by atoms with Crippen LogP contribution in [0.5, 0.6) is 0 Å². The number of rotatable bonds is 2. The summed E-state index contributed by atoms with van der Waals surface area (Å²) in [6.07, 6.45) is 6.37. The minimum absolute atomic E-state index is 0.0174. The zero-order valence-corrected chi connectivity index (χ0v) is 14.1. The number of aromatic nitrogens is 4. The maximum Gasteiger partial charge on any atom is 0.257 e. The van der Waals surface area contributed by atoms with Crippen molar-refractivity contribution >= 4 is 11.4 Å². The Morgan fingerprint density at radius 1 is 1.16 bits per heavy atom. The molecule has 3 aromatic rings. The summed E-state index contributed by atoms with van der Waals surface area (Å²) in [6, 6.07) is 7.05. The Balaban J connectivity index is 1.79. The molecule has 1 aliphatic rings. The third-order valence-corrected chi connectivity index (χ3v) is 4.66. The van der Waals surface area contributed by atoms with Gasteiger partial charge in [-0.2, -0.15) is 5.10 Å². The van der Waals surface area contributed by atoms with Crippen molar-refractivity contribution in [3.05, 3.63) is 52.7 Å². The molecule has 0 radical (unpaired) electrons. The van der Waals surface area contributed by atoms with Crippen LogP contribution in [0, 0.1) is 0 Å². The van der Waals surface area contributed by atoms with Crippen LogP contribution in [0.25, 0.3) is 16.9 Å². The number of amides is 1. The average molecular weight is 337 g/mol. The van der Waals surface area contributed by atoms with Crippen molar-refractivity contribution in [1.82, 2.24) is 24.1 Å². The number of hydrogen-bond acceptors (Lipinski definition) is 4. The summed E-state index contributed by atoms with van der Waals surface area (Å²) in [7, 11) is 1.66. The second-order valence-corrected chi connectivity index (χ2v) is 6.34. The van der Waals surface area contributed by atoms with E-state index in [-0.39, 0.29) is 11.5 Å². The summed E-state index contributed by atoms with van der Waals surface area (Å²) < 4.78 is 3.09. The second kappa shape index (κ2) is 6.16. The molecule has 0 unspecified atom stereocenters. The van der Waals surface area contributed by atoms with Crippen LogP contribution >= 0.6 is 0 Å². The van der Waals surface area contributed by atoms with Gasteiger partial charge in [0.25, 0.3) is 11.5 Å². The molecule has 0 spiro atoms. The molecular weight excluding hydrogens is 318 g/mol. The van der Waals surface area contributed by atoms with E-state index in [9.17, 15) is 9.59 Å². The highest BCUT2D eigenvalue weighted by Crippen LogP contribution is 2.22. The van der Waals surface area contributed by atoms with Crippen LogP contribution < -0.4 is 5.56 Å². The fraction of sp³-hybridized carbons (Fsp3) is 0.333. The number of aryl methyl sites for hydroxylation is 1. The number of nitrogens with zero attached hydrogens (tertiary/aromatic N) is 5. The van der Waals surface area contributed by atoms with Gasteiger partial charge in [-0.05, 0) is 31.4 Å². The lowest BCUT2D eigenvalue weighted by molar-refractivity contribution is 0.0726. The topological polar surface area (TPSA) is 72.5 Å². The molecule has 0 aliphatic carbocycles. The van der Waals surface area contributed by atoms with E-state index in [0.29, 0.717) is 17.0 Å². The van der Waals surface area contributed by atoms with E-state index in [1.165, 1.54) is 23.4 Å². The Kier molecular flexibility index (Phi) is 3.83. The number of fused-ring (bicyclic) bond motifs is 1. The molecule has 0 saturated carbocycles. The number of piperidine rings is 1. The molecular formula is C18H19N5O2. The van der Waals surface area contributed by atoms with Gasteiger partial charge >= 0.3 is 0 Å². The van der Waals surface area contributed by atoms with Crippen molar-refractivity contribution in [2.75, 3.05) is 13.1 Å². The number of carbonyl (C=O) groups is 1. The van der Waals surface area contributed by atoms with Gasteiger partial charge in [0.2, 0.25) is 0 Å². The van der Waals surface area contributed by atoms with Gasteiger partial charge in [-0.15, -0.1) is 0 Å². The van der Waals surface area contributed by atoms with E-state index >= 15 is 0 Å². The number of pyridine rings is 1. The Morgan fingerprint density at radius 2 is 1.96 bits per heavy atom. The van der Waals surface area contributed by atoms with E-state index in [0.717, 1.165) is 31.4 Å². The van der Waals surface area contributed by atoms with Gasteiger partial charge < -0.3 is 9.47 Å². The molecule has 25 heavy (non-hydrogen) atoms. The van der Waals surface area contributed by atoms with Crippen LogP contribution in [0.15, 0.2) is 41.6 Å². The van der Waals surface area contributed by atoms with Crippen LogP contribution in [0.1, 0.15) is 29.6 Å². The predicted molar refractivity (Wildman–Crippen MR) is 93.4 cm³/mol. The second-order valence-electron chi connectivity index (χ2n) is 6.34. The quantitative estimate of drug-likeness (QED) is 0.714. The van der Waals surface area contributed by atoms with Gasteiger partial charge in [0.15, 0.2) is 0 Å². The smallest absolute Gasteiger partial charge is 0.257 e. The Hall–Kier alpha value is -2.96. The molecule has 0 atom stereocenters. The van der Waals surface area contributed by atoms with Crippen molar-refractivity contribution in [3.63, 3.8) is 0 Å². The van der Waals surface area contributed by atoms with Crippen LogP contribution in [-0.2, 0) is 7.05 Å². The summed E-state index contributed by atoms with van der Waals surface area (Å²) in [5, 5.41) is 4.38. The van der Waals surface area contributed by atoms with E-state index in [4.69, 9.17) is 0 Å². The first kappa shape index (κ1) is 15.6. The van der Waals surface area contributed by atoms with Crippen LogP contribution in [0.4, 0.5) is 0 Å². The molecule has 0 aromatic carbocycles. The minimum Gasteiger partial charge on any atom is -0.339 e. The van der Waals surface area contributed by atoms with Gasteiger partial charge in [-0.3, -0.25) is 9.59 Å². The van der Waals surface area contributed by atoms with E-state index in [1.54, 1.807) is 17.8 Å². The Morgan fingerprint density at radius 3 is 2.72 bits per heavy atom. The van der Waals surface area contributed by atoms with Crippen molar-refractivity contribution in [3.8, 4) is 11.4 Å². The molecule has 128 valence electrons. The van der Waals surface area contributed by atoms with E-state index in [1.807, 2.05) is 23.1 Å². The lowest BCUT2D eigenvalue weighted by atomic mass is 10.1. The van der Waals surface area contributed by atoms with E-state index < -0.39 is 0 Å². The summed E-state index contributed by atoms with van der Waals surface area (Å²) in [5.41, 5.74) is 2.41. The number of likely N-dealkylation sites (tertiary alicyclic amines) is 1. The van der Waals surface area contributed by atoms with Crippen LogP contribution in [0.3, 0.4) is 0 Å². The third-order valence-electron chi connectivity index (χ3n) is 4.66. The fourth-order valence-electron chi connectivity index (χ4n) is 3.24. The van der Waals surface area contributed by atoms with Gasteiger partial charge in [0.05, 0.1) is 35.0 Å². The SMILES string of the molecule is Cn1cnc(-c2cccc3c(C(=O)N4CCCCC4)cnn23)cc1=O. The molecule has 7 nitrogen and oxygen atoms in total. The molecule has 3 aromatic heterocycles. The maximum atomic E-state index is 12.8. The average Bonchev–Trinajstić information content (AvgIpc) is 3.08. The minimum atomic E-state index is -0.140. The van der Waals surface area contributed by atoms with Gasteiger partial charge in [-0.1, -0.05) is 6.07 Å². The number of carbonyl (C=O) groups excluding carboxylic acids is 1. The van der Waals surface area contributed by atoms with Crippen molar-refractivity contribution in [1.29, 1.82) is 0 Å². The summed E-state index contributed by atoms with van der Waals surface area (Å²) in [4.78, 5) is 30.9. The molecule has 0 N–H and O–H groups in total. The van der Waals surface area contributed by atoms with Crippen LogP contribution in [0.2, 0.25) is 0 Å². The lowest BCUT2D eigenvalue weighted by Crippen LogP contribution is -2.35. The number of hydrogen-bond donors (Lipinski definition) is 0. The summed E-state index contributed by atoms with van der Waals surface area (Å²) >= 11 is 0. The van der Waals surface area contributed by atoms with Gasteiger partial charge in [0.1, 0.15) is 0 Å². The fourth-order valence-corrected chi connectivity index (χ4v) is 3.24. The highest BCUT2D eigenvalue weighted by Gasteiger charge is 2.22. The Labute approximate surface area is 144 Å². The zero-order valence-electron chi connectivity index (χ0n) is 14.1. The monoisotopic (exact) mass is 337 g/mol. The lowest BCUT2D eigenvalue weighted by Gasteiger charge is -2.26. The van der Waals surface area contributed by atoms with Crippen molar-refractivity contribution < 1.29 is 4.79 Å². The molecule has 7 heteroatoms. The van der Waals surface area contributed by atoms with Gasteiger partial charge in [-0.25, -0.2) is 9.50 Å². The molecule has 1 amide bonds.